The van der Waals surface area contributed by atoms with Crippen molar-refractivity contribution in [3.8, 4) is 0 Å². The van der Waals surface area contributed by atoms with E-state index in [4.69, 9.17) is 5.84 Å². The number of aryl methyl sites for hydroxylation is 1. The van der Waals surface area contributed by atoms with Gasteiger partial charge in [-0.3, -0.25) is 15.6 Å². The molecule has 106 valence electrons. The monoisotopic (exact) mass is 298 g/mol. The number of hydrogen-bond donors (Lipinski definition) is 3. The lowest BCUT2D eigenvalue weighted by Crippen LogP contribution is -2.17. The topological polar surface area (TPSA) is 80.0 Å². The van der Waals surface area contributed by atoms with Gasteiger partial charge >= 0.3 is 0 Å². The molecule has 3 aromatic rings. The van der Waals surface area contributed by atoms with Crippen molar-refractivity contribution in [2.24, 2.45) is 5.84 Å². The van der Waals surface area contributed by atoms with Gasteiger partial charge in [0, 0.05) is 22.3 Å². The van der Waals surface area contributed by atoms with Gasteiger partial charge < -0.3 is 10.7 Å². The fraction of sp³-hybridized carbons (Fsp3) is 0.0667. The van der Waals surface area contributed by atoms with E-state index in [1.807, 2.05) is 36.6 Å². The molecule has 2 heterocycles. The Morgan fingerprint density at radius 2 is 2.14 bits per heavy atom. The third-order valence-corrected chi connectivity index (χ3v) is 4.05. The molecule has 6 heteroatoms. The summed E-state index contributed by atoms with van der Waals surface area (Å²) in [6.45, 7) is 1.84. The summed E-state index contributed by atoms with van der Waals surface area (Å²) in [4.78, 5) is 16.5. The van der Waals surface area contributed by atoms with Gasteiger partial charge in [0.05, 0.1) is 11.3 Å². The molecule has 2 aromatic heterocycles. The average molecular weight is 298 g/mol. The zero-order valence-corrected chi connectivity index (χ0v) is 12.2. The second kappa shape index (κ2) is 5.51. The first-order chi connectivity index (χ1) is 10.2. The minimum atomic E-state index is -0.245. The number of amides is 1. The van der Waals surface area contributed by atoms with Gasteiger partial charge in [-0.1, -0.05) is 0 Å². The van der Waals surface area contributed by atoms with Gasteiger partial charge in [0.2, 0.25) is 0 Å². The Morgan fingerprint density at radius 1 is 1.29 bits per heavy atom. The van der Waals surface area contributed by atoms with Crippen LogP contribution in [0.1, 0.15) is 16.1 Å². The van der Waals surface area contributed by atoms with Crippen LogP contribution in [-0.2, 0) is 0 Å². The van der Waals surface area contributed by atoms with Crippen molar-refractivity contribution in [2.45, 2.75) is 6.92 Å². The van der Waals surface area contributed by atoms with Gasteiger partial charge in [-0.15, -0.1) is 11.3 Å². The molecule has 0 atom stereocenters. The number of rotatable bonds is 3. The van der Waals surface area contributed by atoms with E-state index in [-0.39, 0.29) is 5.91 Å². The maximum absolute atomic E-state index is 12.3. The molecule has 0 bridgehead atoms. The molecule has 0 aliphatic heterocycles. The van der Waals surface area contributed by atoms with Gasteiger partial charge in [-0.25, -0.2) is 0 Å². The average Bonchev–Trinajstić information content (AvgIpc) is 2.94. The number of nitrogens with two attached hydrogens (primary N) is 1. The van der Waals surface area contributed by atoms with E-state index in [9.17, 15) is 4.79 Å². The molecular formula is C15H14N4OS. The molecule has 3 rings (SSSR count). The number of pyridine rings is 1. The minimum Gasteiger partial charge on any atom is -0.323 e. The van der Waals surface area contributed by atoms with E-state index in [1.165, 1.54) is 10.9 Å². The number of carbonyl (C=O) groups is 1. The minimum absolute atomic E-state index is 0.245. The first kappa shape index (κ1) is 13.5. The summed E-state index contributed by atoms with van der Waals surface area (Å²) < 4.78 is 1.19. The van der Waals surface area contributed by atoms with E-state index in [0.717, 1.165) is 16.8 Å². The van der Waals surface area contributed by atoms with Crippen LogP contribution in [-0.4, -0.2) is 10.9 Å². The Bertz CT molecular complexity index is 812. The lowest BCUT2D eigenvalue weighted by molar-refractivity contribution is 0.102. The number of hydrazine groups is 1. The van der Waals surface area contributed by atoms with Gasteiger partial charge in [0.15, 0.2) is 0 Å². The largest absolute Gasteiger partial charge is 0.323 e. The van der Waals surface area contributed by atoms with E-state index >= 15 is 0 Å². The van der Waals surface area contributed by atoms with Gasteiger partial charge in [-0.2, -0.15) is 0 Å². The summed E-state index contributed by atoms with van der Waals surface area (Å²) in [6, 6.07) is 9.58. The van der Waals surface area contributed by atoms with Crippen molar-refractivity contribution < 1.29 is 4.79 Å². The van der Waals surface area contributed by atoms with Crippen LogP contribution in [0.4, 0.5) is 11.4 Å². The van der Waals surface area contributed by atoms with Crippen LogP contribution in [0.25, 0.3) is 10.1 Å². The number of benzene rings is 1. The zero-order chi connectivity index (χ0) is 14.8. The van der Waals surface area contributed by atoms with Crippen LogP contribution in [0.5, 0.6) is 0 Å². The zero-order valence-electron chi connectivity index (χ0n) is 11.4. The van der Waals surface area contributed by atoms with Gasteiger partial charge in [0.25, 0.3) is 5.91 Å². The number of thiophene rings is 1. The number of nitrogens with zero attached hydrogens (tertiary/aromatic N) is 1. The third kappa shape index (κ3) is 2.72. The molecule has 0 fully saturated rings. The van der Waals surface area contributed by atoms with Crippen LogP contribution >= 0.6 is 11.3 Å². The Labute approximate surface area is 125 Å². The van der Waals surface area contributed by atoms with E-state index in [2.05, 4.69) is 15.7 Å². The fourth-order valence-corrected chi connectivity index (χ4v) is 2.87. The van der Waals surface area contributed by atoms with E-state index in [1.54, 1.807) is 17.4 Å². The predicted octanol–water partition coefficient (Wildman–Crippen LogP) is 3.14. The Morgan fingerprint density at radius 3 is 2.95 bits per heavy atom. The highest BCUT2D eigenvalue weighted by Gasteiger charge is 2.12. The van der Waals surface area contributed by atoms with Crippen LogP contribution in [0.3, 0.4) is 0 Å². The smallest absolute Gasteiger partial charge is 0.259 e. The molecule has 0 aliphatic carbocycles. The molecule has 1 amide bonds. The highest BCUT2D eigenvalue weighted by Crippen LogP contribution is 2.24. The number of nitrogens with one attached hydrogen (secondary N) is 2. The third-order valence-electron chi connectivity index (χ3n) is 3.15. The normalized spacial score (nSPS) is 10.6. The van der Waals surface area contributed by atoms with Crippen LogP contribution in [0.15, 0.2) is 41.9 Å². The number of hydrogen-bond acceptors (Lipinski definition) is 5. The molecule has 0 aliphatic rings. The van der Waals surface area contributed by atoms with Crippen molar-refractivity contribution in [1.29, 1.82) is 0 Å². The molecule has 0 spiro atoms. The maximum Gasteiger partial charge on any atom is 0.259 e. The highest BCUT2D eigenvalue weighted by atomic mass is 32.1. The summed E-state index contributed by atoms with van der Waals surface area (Å²) in [7, 11) is 0. The van der Waals surface area contributed by atoms with Crippen molar-refractivity contribution >= 4 is 38.7 Å². The van der Waals surface area contributed by atoms with Crippen molar-refractivity contribution in [1.82, 2.24) is 4.98 Å². The summed E-state index contributed by atoms with van der Waals surface area (Å²) in [5.74, 6) is 5.21. The second-order valence-electron chi connectivity index (χ2n) is 4.64. The Hall–Kier alpha value is -2.44. The second-order valence-corrected chi connectivity index (χ2v) is 5.59. The lowest BCUT2D eigenvalue weighted by Gasteiger charge is -2.10. The van der Waals surface area contributed by atoms with Crippen molar-refractivity contribution in [3.63, 3.8) is 0 Å². The van der Waals surface area contributed by atoms with Crippen LogP contribution in [0, 0.1) is 6.92 Å². The molecule has 0 saturated heterocycles. The van der Waals surface area contributed by atoms with Gasteiger partial charge in [0.1, 0.15) is 0 Å². The first-order valence-electron chi connectivity index (χ1n) is 6.39. The van der Waals surface area contributed by atoms with Gasteiger partial charge in [-0.05, 0) is 48.0 Å². The summed E-state index contributed by atoms with van der Waals surface area (Å²) >= 11 is 1.67. The maximum atomic E-state index is 12.3. The fourth-order valence-electron chi connectivity index (χ4n) is 2.10. The number of nitrogen functional groups attached to an aromatic ring is 1. The molecule has 21 heavy (non-hydrogen) atoms. The number of aromatic nitrogens is 1. The summed E-state index contributed by atoms with van der Waals surface area (Å²) in [5, 5.41) is 6.00. The highest BCUT2D eigenvalue weighted by molar-refractivity contribution is 7.17. The Balaban J connectivity index is 1.88. The lowest BCUT2D eigenvalue weighted by atomic mass is 10.2. The summed E-state index contributed by atoms with van der Waals surface area (Å²) in [6.07, 6.45) is 1.52. The number of fused-ring (bicyclic) bond motifs is 1. The molecule has 0 saturated carbocycles. The molecule has 0 unspecified atom stereocenters. The molecule has 0 radical (unpaired) electrons. The summed E-state index contributed by atoms with van der Waals surface area (Å²) in [5.41, 5.74) is 5.03. The van der Waals surface area contributed by atoms with E-state index in [0.29, 0.717) is 11.3 Å². The molecule has 4 N–H and O–H groups in total. The number of anilines is 2. The van der Waals surface area contributed by atoms with E-state index < -0.39 is 0 Å². The molecular weight excluding hydrogens is 284 g/mol. The van der Waals surface area contributed by atoms with Crippen molar-refractivity contribution in [3.05, 3.63) is 53.2 Å². The first-order valence-corrected chi connectivity index (χ1v) is 7.27. The molecule has 5 nitrogen and oxygen atoms in total. The van der Waals surface area contributed by atoms with Crippen LogP contribution < -0.4 is 16.6 Å². The predicted molar refractivity (Wildman–Crippen MR) is 86.6 cm³/mol. The van der Waals surface area contributed by atoms with Crippen LogP contribution in [0.2, 0.25) is 0 Å². The number of carbonyl (C=O) groups excluding carboxylic acids is 1. The quantitative estimate of drug-likeness (QED) is 0.512. The Kier molecular flexibility index (Phi) is 3.55. The SMILES string of the molecule is Cc1cc(NN)c(C(=O)Nc2ccc3sccc3c2)cn1. The molecule has 1 aromatic carbocycles. The standard InChI is InChI=1S/C15H14N4OS/c1-9-6-13(19-16)12(8-17-9)15(20)18-11-2-3-14-10(7-11)4-5-21-14/h2-8H,16H2,1H3,(H,17,19)(H,18,20). The van der Waals surface area contributed by atoms with Crippen molar-refractivity contribution in [2.75, 3.05) is 10.7 Å².